The molecule has 0 radical (unpaired) electrons. The fourth-order valence-electron chi connectivity index (χ4n) is 0.892. The van der Waals surface area contributed by atoms with Crippen molar-refractivity contribution in [1.29, 1.82) is 0 Å². The minimum Gasteiger partial charge on any atom is -0.490 e. The molecule has 2 nitrogen and oxygen atoms in total. The summed E-state index contributed by atoms with van der Waals surface area (Å²) >= 11 is 0. The van der Waals surface area contributed by atoms with Crippen LogP contribution in [0, 0.1) is 17.6 Å². The lowest BCUT2D eigenvalue weighted by atomic mass is 10.2. The molecule has 78 valence electrons. The topological polar surface area (TPSA) is 35.2 Å². The van der Waals surface area contributed by atoms with E-state index in [1.807, 2.05) is 6.92 Å². The lowest BCUT2D eigenvalue weighted by Gasteiger charge is -2.11. The molecule has 0 heterocycles. The van der Waals surface area contributed by atoms with Gasteiger partial charge in [0.05, 0.1) is 6.61 Å². The van der Waals surface area contributed by atoms with Crippen LogP contribution in [0.2, 0.25) is 0 Å². The van der Waals surface area contributed by atoms with Gasteiger partial charge in [0, 0.05) is 12.0 Å². The summed E-state index contributed by atoms with van der Waals surface area (Å²) < 4.78 is 30.6. The van der Waals surface area contributed by atoms with Crippen molar-refractivity contribution in [3.63, 3.8) is 0 Å². The van der Waals surface area contributed by atoms with Crippen LogP contribution in [0.3, 0.4) is 0 Å². The number of rotatable bonds is 4. The Bertz CT molecular complexity index is 304. The van der Waals surface area contributed by atoms with Crippen LogP contribution in [0.4, 0.5) is 8.78 Å². The van der Waals surface area contributed by atoms with Crippen molar-refractivity contribution in [2.45, 2.75) is 6.92 Å². The maximum Gasteiger partial charge on any atom is 0.167 e. The number of nitrogens with two attached hydrogens (primary N) is 1. The van der Waals surface area contributed by atoms with Gasteiger partial charge >= 0.3 is 0 Å². The standard InChI is InChI=1S/C10H13F2NO/c1-7(5-13)6-14-10-3-2-8(11)4-9(10)12/h2-4,7H,5-6,13H2,1H3. The summed E-state index contributed by atoms with van der Waals surface area (Å²) in [7, 11) is 0. The number of hydrogen-bond acceptors (Lipinski definition) is 2. The van der Waals surface area contributed by atoms with Crippen molar-refractivity contribution in [3.8, 4) is 5.75 Å². The highest BCUT2D eigenvalue weighted by atomic mass is 19.1. The Morgan fingerprint density at radius 1 is 1.43 bits per heavy atom. The Kier molecular flexibility index (Phi) is 3.83. The SMILES string of the molecule is CC(CN)COc1ccc(F)cc1F. The van der Waals surface area contributed by atoms with Gasteiger partial charge in [-0.05, 0) is 18.7 Å². The van der Waals surface area contributed by atoms with Gasteiger partial charge in [0.2, 0.25) is 0 Å². The smallest absolute Gasteiger partial charge is 0.167 e. The van der Waals surface area contributed by atoms with Crippen molar-refractivity contribution in [3.05, 3.63) is 29.8 Å². The van der Waals surface area contributed by atoms with E-state index in [4.69, 9.17) is 10.5 Å². The molecule has 1 aromatic carbocycles. The lowest BCUT2D eigenvalue weighted by Crippen LogP contribution is -2.18. The highest BCUT2D eigenvalue weighted by molar-refractivity contribution is 5.24. The quantitative estimate of drug-likeness (QED) is 0.807. The first-order valence-corrected chi connectivity index (χ1v) is 4.41. The van der Waals surface area contributed by atoms with Crippen LogP contribution in [0.1, 0.15) is 6.92 Å². The summed E-state index contributed by atoms with van der Waals surface area (Å²) in [5, 5.41) is 0. The molecule has 0 amide bonds. The molecule has 0 aliphatic carbocycles. The molecule has 4 heteroatoms. The minimum absolute atomic E-state index is 0.0618. The van der Waals surface area contributed by atoms with Gasteiger partial charge in [-0.25, -0.2) is 8.78 Å². The second kappa shape index (κ2) is 4.91. The molecule has 14 heavy (non-hydrogen) atoms. The Morgan fingerprint density at radius 3 is 2.71 bits per heavy atom. The minimum atomic E-state index is -0.686. The average Bonchev–Trinajstić information content (AvgIpc) is 2.16. The van der Waals surface area contributed by atoms with Crippen molar-refractivity contribution < 1.29 is 13.5 Å². The second-order valence-electron chi connectivity index (χ2n) is 3.23. The van der Waals surface area contributed by atoms with Crippen molar-refractivity contribution in [2.75, 3.05) is 13.2 Å². The van der Waals surface area contributed by atoms with Gasteiger partial charge in [-0.15, -0.1) is 0 Å². The molecule has 0 aliphatic rings. The summed E-state index contributed by atoms with van der Waals surface area (Å²) in [5.41, 5.74) is 5.36. The normalized spacial score (nSPS) is 12.6. The third-order valence-corrected chi connectivity index (χ3v) is 1.82. The molecule has 2 N–H and O–H groups in total. The van der Waals surface area contributed by atoms with E-state index in [2.05, 4.69) is 0 Å². The maximum absolute atomic E-state index is 13.0. The van der Waals surface area contributed by atoms with Crippen LogP contribution >= 0.6 is 0 Å². The van der Waals surface area contributed by atoms with Crippen LogP contribution < -0.4 is 10.5 Å². The summed E-state index contributed by atoms with van der Waals surface area (Å²) in [6.45, 7) is 2.70. The first-order chi connectivity index (χ1) is 6.63. The summed E-state index contributed by atoms with van der Waals surface area (Å²) in [6, 6.07) is 3.22. The van der Waals surface area contributed by atoms with E-state index in [-0.39, 0.29) is 11.7 Å². The number of hydrogen-bond donors (Lipinski definition) is 1. The zero-order valence-corrected chi connectivity index (χ0v) is 7.97. The average molecular weight is 201 g/mol. The molecular formula is C10H13F2NO. The van der Waals surface area contributed by atoms with E-state index in [1.54, 1.807) is 0 Å². The molecule has 0 spiro atoms. The van der Waals surface area contributed by atoms with Crippen molar-refractivity contribution in [2.24, 2.45) is 11.7 Å². The monoisotopic (exact) mass is 201 g/mol. The van der Waals surface area contributed by atoms with Gasteiger partial charge in [0.1, 0.15) is 5.82 Å². The largest absolute Gasteiger partial charge is 0.490 e. The maximum atomic E-state index is 13.0. The fourth-order valence-corrected chi connectivity index (χ4v) is 0.892. The number of benzene rings is 1. The Hall–Kier alpha value is -1.16. The van der Waals surface area contributed by atoms with Crippen LogP contribution in [0.25, 0.3) is 0 Å². The van der Waals surface area contributed by atoms with E-state index in [0.717, 1.165) is 12.1 Å². The number of ether oxygens (including phenoxy) is 1. The lowest BCUT2D eigenvalue weighted by molar-refractivity contribution is 0.252. The van der Waals surface area contributed by atoms with Gasteiger partial charge < -0.3 is 10.5 Å². The van der Waals surface area contributed by atoms with Crippen molar-refractivity contribution >= 4 is 0 Å². The molecule has 0 aromatic heterocycles. The molecule has 0 saturated heterocycles. The molecule has 0 saturated carbocycles. The Labute approximate surface area is 81.7 Å². The Balaban J connectivity index is 2.59. The zero-order chi connectivity index (χ0) is 10.6. The van der Waals surface area contributed by atoms with Crippen LogP contribution in [-0.4, -0.2) is 13.2 Å². The van der Waals surface area contributed by atoms with Gasteiger partial charge in [-0.2, -0.15) is 0 Å². The van der Waals surface area contributed by atoms with Crippen LogP contribution in [0.15, 0.2) is 18.2 Å². The highest BCUT2D eigenvalue weighted by Crippen LogP contribution is 2.17. The molecule has 1 aromatic rings. The molecule has 0 aliphatic heterocycles. The van der Waals surface area contributed by atoms with Gasteiger partial charge in [-0.3, -0.25) is 0 Å². The van der Waals surface area contributed by atoms with Gasteiger partial charge in [0.25, 0.3) is 0 Å². The van der Waals surface area contributed by atoms with Gasteiger partial charge in [0.15, 0.2) is 11.6 Å². The fraction of sp³-hybridized carbons (Fsp3) is 0.400. The zero-order valence-electron chi connectivity index (χ0n) is 7.97. The van der Waals surface area contributed by atoms with E-state index in [1.165, 1.54) is 6.07 Å². The first kappa shape index (κ1) is 10.9. The predicted molar refractivity (Wildman–Crippen MR) is 50.1 cm³/mol. The van der Waals surface area contributed by atoms with Crippen LogP contribution in [-0.2, 0) is 0 Å². The third kappa shape index (κ3) is 2.96. The third-order valence-electron chi connectivity index (χ3n) is 1.82. The second-order valence-corrected chi connectivity index (χ2v) is 3.23. The van der Waals surface area contributed by atoms with E-state index in [0.29, 0.717) is 13.2 Å². The van der Waals surface area contributed by atoms with Gasteiger partial charge in [-0.1, -0.05) is 6.92 Å². The van der Waals surface area contributed by atoms with Crippen LogP contribution in [0.5, 0.6) is 5.75 Å². The molecule has 1 unspecified atom stereocenters. The summed E-state index contributed by atoms with van der Waals surface area (Å²) in [5.74, 6) is -1.08. The Morgan fingerprint density at radius 2 is 2.14 bits per heavy atom. The highest BCUT2D eigenvalue weighted by Gasteiger charge is 2.06. The van der Waals surface area contributed by atoms with E-state index < -0.39 is 11.6 Å². The summed E-state index contributed by atoms with van der Waals surface area (Å²) in [4.78, 5) is 0. The molecule has 1 atom stereocenters. The van der Waals surface area contributed by atoms with E-state index >= 15 is 0 Å². The van der Waals surface area contributed by atoms with Crippen molar-refractivity contribution in [1.82, 2.24) is 0 Å². The predicted octanol–water partition coefficient (Wildman–Crippen LogP) is 1.94. The molecule has 1 rings (SSSR count). The van der Waals surface area contributed by atoms with E-state index in [9.17, 15) is 8.78 Å². The first-order valence-electron chi connectivity index (χ1n) is 4.41. The molecule has 0 fully saturated rings. The number of halogens is 2. The summed E-state index contributed by atoms with van der Waals surface area (Å²) in [6.07, 6.45) is 0. The molecular weight excluding hydrogens is 188 g/mol. The molecule has 0 bridgehead atoms.